The van der Waals surface area contributed by atoms with Crippen molar-refractivity contribution in [2.45, 2.75) is 6.92 Å². The van der Waals surface area contributed by atoms with Gasteiger partial charge in [-0.15, -0.1) is 0 Å². The molecule has 0 aliphatic heterocycles. The molecule has 0 radical (unpaired) electrons. The number of benzene rings is 1. The maximum absolute atomic E-state index is 13.4. The summed E-state index contributed by atoms with van der Waals surface area (Å²) in [5.41, 5.74) is 0.0663. The Hall–Kier alpha value is -0.620. The van der Waals surface area contributed by atoms with Gasteiger partial charge >= 0.3 is 6.09 Å². The summed E-state index contributed by atoms with van der Waals surface area (Å²) in [6.45, 7) is 1.91. The van der Waals surface area contributed by atoms with Crippen molar-refractivity contribution in [3.05, 3.63) is 26.9 Å². The summed E-state index contributed by atoms with van der Waals surface area (Å²) >= 11 is 6.27. The van der Waals surface area contributed by atoms with E-state index in [9.17, 15) is 9.18 Å². The Morgan fingerprint density at radius 2 is 2.20 bits per heavy atom. The van der Waals surface area contributed by atoms with Crippen LogP contribution in [0.5, 0.6) is 0 Å². The van der Waals surface area contributed by atoms with E-state index in [-0.39, 0.29) is 12.3 Å². The number of anilines is 1. The highest BCUT2D eigenvalue weighted by molar-refractivity contribution is 9.11. The van der Waals surface area contributed by atoms with E-state index in [4.69, 9.17) is 0 Å². The van der Waals surface area contributed by atoms with Crippen LogP contribution in [-0.4, -0.2) is 12.7 Å². The summed E-state index contributed by atoms with van der Waals surface area (Å²) < 4.78 is 19.0. The number of halogens is 3. The maximum Gasteiger partial charge on any atom is 0.411 e. The van der Waals surface area contributed by atoms with Crippen LogP contribution in [0.25, 0.3) is 0 Å². The second kappa shape index (κ2) is 5.46. The van der Waals surface area contributed by atoms with Crippen LogP contribution in [0.1, 0.15) is 6.92 Å². The first-order valence-corrected chi connectivity index (χ1v) is 5.71. The molecule has 15 heavy (non-hydrogen) atoms. The zero-order valence-corrected chi connectivity index (χ0v) is 11.0. The van der Waals surface area contributed by atoms with Crippen molar-refractivity contribution in [1.82, 2.24) is 0 Å². The van der Waals surface area contributed by atoms with Gasteiger partial charge in [0.2, 0.25) is 0 Å². The van der Waals surface area contributed by atoms with Crippen molar-refractivity contribution in [1.29, 1.82) is 0 Å². The third-order valence-corrected chi connectivity index (χ3v) is 2.59. The quantitative estimate of drug-likeness (QED) is 0.886. The van der Waals surface area contributed by atoms with Crippen molar-refractivity contribution in [2.24, 2.45) is 0 Å². The topological polar surface area (TPSA) is 38.3 Å². The Morgan fingerprint density at radius 1 is 1.53 bits per heavy atom. The molecule has 0 fully saturated rings. The van der Waals surface area contributed by atoms with Crippen molar-refractivity contribution >= 4 is 43.6 Å². The van der Waals surface area contributed by atoms with E-state index in [1.165, 1.54) is 6.07 Å². The molecule has 0 aliphatic rings. The predicted molar refractivity (Wildman–Crippen MR) is 62.4 cm³/mol. The van der Waals surface area contributed by atoms with E-state index in [1.807, 2.05) is 0 Å². The average molecular weight is 341 g/mol. The van der Waals surface area contributed by atoms with E-state index in [0.717, 1.165) is 0 Å². The lowest BCUT2D eigenvalue weighted by atomic mass is 10.3. The molecule has 0 saturated heterocycles. The molecule has 0 bridgehead atoms. The number of carbonyl (C=O) groups is 1. The number of hydrogen-bond acceptors (Lipinski definition) is 2. The molecule has 1 rings (SSSR count). The zero-order valence-electron chi connectivity index (χ0n) is 7.81. The van der Waals surface area contributed by atoms with E-state index in [1.54, 1.807) is 13.0 Å². The minimum atomic E-state index is -0.681. The van der Waals surface area contributed by atoms with Crippen LogP contribution in [-0.2, 0) is 4.74 Å². The first-order chi connectivity index (χ1) is 7.04. The van der Waals surface area contributed by atoms with Crippen LogP contribution < -0.4 is 5.32 Å². The lowest BCUT2D eigenvalue weighted by Crippen LogP contribution is -2.14. The van der Waals surface area contributed by atoms with E-state index >= 15 is 0 Å². The van der Waals surface area contributed by atoms with Gasteiger partial charge in [-0.05, 0) is 35.0 Å². The summed E-state index contributed by atoms with van der Waals surface area (Å²) in [5, 5.41) is 2.30. The Morgan fingerprint density at radius 3 is 2.73 bits per heavy atom. The highest BCUT2D eigenvalue weighted by Crippen LogP contribution is 2.29. The second-order valence-corrected chi connectivity index (χ2v) is 4.36. The van der Waals surface area contributed by atoms with E-state index < -0.39 is 11.9 Å². The van der Waals surface area contributed by atoms with E-state index in [0.29, 0.717) is 8.95 Å². The van der Waals surface area contributed by atoms with Gasteiger partial charge in [-0.25, -0.2) is 9.18 Å². The Kier molecular flexibility index (Phi) is 4.53. The fourth-order valence-electron chi connectivity index (χ4n) is 0.931. The van der Waals surface area contributed by atoms with Gasteiger partial charge in [-0.1, -0.05) is 15.9 Å². The standard InChI is InChI=1S/C9H8Br2FNO2/c1-2-15-9(14)13-8-6(11)3-5(10)4-7(8)12/h3-4H,2H2,1H3,(H,13,14). The van der Waals surface area contributed by atoms with Crippen LogP contribution in [0.4, 0.5) is 14.9 Å². The summed E-state index contributed by atoms with van der Waals surface area (Å²) in [6.07, 6.45) is -0.681. The fourth-order valence-corrected chi connectivity index (χ4v) is 2.20. The van der Waals surface area contributed by atoms with Gasteiger partial charge in [0.25, 0.3) is 0 Å². The number of amides is 1. The average Bonchev–Trinajstić information content (AvgIpc) is 2.11. The summed E-state index contributed by atoms with van der Waals surface area (Å²) in [6, 6.07) is 2.89. The fraction of sp³-hybridized carbons (Fsp3) is 0.222. The molecular formula is C9H8Br2FNO2. The molecule has 0 atom stereocenters. The Labute approximate surface area is 103 Å². The molecule has 1 amide bonds. The van der Waals surface area contributed by atoms with Gasteiger partial charge < -0.3 is 4.74 Å². The molecule has 3 nitrogen and oxygen atoms in total. The van der Waals surface area contributed by atoms with E-state index in [2.05, 4.69) is 41.9 Å². The van der Waals surface area contributed by atoms with Crippen LogP contribution in [0.2, 0.25) is 0 Å². The number of nitrogens with one attached hydrogen (secondary N) is 1. The molecule has 0 heterocycles. The third-order valence-electron chi connectivity index (χ3n) is 1.51. The van der Waals surface area contributed by atoms with Crippen LogP contribution in [0, 0.1) is 5.82 Å². The van der Waals surface area contributed by atoms with Crippen molar-refractivity contribution in [3.8, 4) is 0 Å². The minimum absolute atomic E-state index is 0.0663. The van der Waals surface area contributed by atoms with Crippen LogP contribution in [0.3, 0.4) is 0 Å². The number of hydrogen-bond donors (Lipinski definition) is 1. The van der Waals surface area contributed by atoms with Crippen LogP contribution >= 0.6 is 31.9 Å². The Balaban J connectivity index is 2.90. The molecular weight excluding hydrogens is 333 g/mol. The Bertz CT molecular complexity index is 361. The molecule has 1 aromatic carbocycles. The maximum atomic E-state index is 13.4. The zero-order chi connectivity index (χ0) is 11.4. The molecule has 6 heteroatoms. The third kappa shape index (κ3) is 3.46. The van der Waals surface area contributed by atoms with Gasteiger partial charge in [0, 0.05) is 8.95 Å². The minimum Gasteiger partial charge on any atom is -0.450 e. The van der Waals surface area contributed by atoms with Gasteiger partial charge in [0.1, 0.15) is 5.82 Å². The summed E-state index contributed by atoms with van der Waals surface area (Å²) in [5.74, 6) is -0.538. The number of carbonyl (C=O) groups excluding carboxylic acids is 1. The first kappa shape index (κ1) is 12.4. The first-order valence-electron chi connectivity index (χ1n) is 4.13. The lowest BCUT2D eigenvalue weighted by Gasteiger charge is -2.08. The van der Waals surface area contributed by atoms with Gasteiger partial charge in [0.05, 0.1) is 12.3 Å². The molecule has 0 saturated carbocycles. The molecule has 1 aromatic rings. The normalized spacial score (nSPS) is 9.87. The second-order valence-electron chi connectivity index (χ2n) is 2.59. The summed E-state index contributed by atoms with van der Waals surface area (Å²) in [7, 11) is 0. The van der Waals surface area contributed by atoms with Gasteiger partial charge in [-0.2, -0.15) is 0 Å². The van der Waals surface area contributed by atoms with Crippen molar-refractivity contribution in [3.63, 3.8) is 0 Å². The van der Waals surface area contributed by atoms with Gasteiger partial charge in [-0.3, -0.25) is 5.32 Å². The lowest BCUT2D eigenvalue weighted by molar-refractivity contribution is 0.167. The molecule has 0 unspecified atom stereocenters. The number of ether oxygens (including phenoxy) is 1. The molecule has 82 valence electrons. The SMILES string of the molecule is CCOC(=O)Nc1c(F)cc(Br)cc1Br. The predicted octanol–water partition coefficient (Wildman–Crippen LogP) is 3.92. The summed E-state index contributed by atoms with van der Waals surface area (Å²) in [4.78, 5) is 11.1. The van der Waals surface area contributed by atoms with Crippen molar-refractivity contribution in [2.75, 3.05) is 11.9 Å². The molecule has 1 N–H and O–H groups in total. The van der Waals surface area contributed by atoms with Crippen molar-refractivity contribution < 1.29 is 13.9 Å². The monoisotopic (exact) mass is 339 g/mol. The highest BCUT2D eigenvalue weighted by Gasteiger charge is 2.12. The number of rotatable bonds is 2. The largest absolute Gasteiger partial charge is 0.450 e. The molecule has 0 aliphatic carbocycles. The highest BCUT2D eigenvalue weighted by atomic mass is 79.9. The molecule has 0 aromatic heterocycles. The smallest absolute Gasteiger partial charge is 0.411 e. The molecule has 0 spiro atoms. The van der Waals surface area contributed by atoms with Gasteiger partial charge in [0.15, 0.2) is 0 Å². The van der Waals surface area contributed by atoms with Crippen LogP contribution in [0.15, 0.2) is 21.1 Å².